The van der Waals surface area contributed by atoms with Gasteiger partial charge in [0.25, 0.3) is 0 Å². The monoisotopic (exact) mass is 157 g/mol. The van der Waals surface area contributed by atoms with Crippen molar-refractivity contribution in [1.29, 1.82) is 0 Å². The standard InChI is InChI=1S/C6H5S.Ti/c7-6-4-2-1-3-5-6;/h2-5,7H;/q-1;. The van der Waals surface area contributed by atoms with E-state index in [1.54, 1.807) is 0 Å². The molecule has 0 atom stereocenters. The Bertz CT molecular complexity index is 138. The molecule has 0 aliphatic heterocycles. The molecule has 1 aromatic carbocycles. The van der Waals surface area contributed by atoms with E-state index in [0.717, 1.165) is 4.90 Å². The van der Waals surface area contributed by atoms with Crippen LogP contribution in [0.25, 0.3) is 0 Å². The van der Waals surface area contributed by atoms with E-state index in [0.29, 0.717) is 0 Å². The van der Waals surface area contributed by atoms with Crippen LogP contribution in [0.3, 0.4) is 0 Å². The fourth-order valence-corrected chi connectivity index (χ4v) is 0.527. The van der Waals surface area contributed by atoms with Gasteiger partial charge in [-0.05, 0) is 0 Å². The molecule has 0 heterocycles. The molecular formula is C6H5STi-. The van der Waals surface area contributed by atoms with Gasteiger partial charge in [0.15, 0.2) is 0 Å². The summed E-state index contributed by atoms with van der Waals surface area (Å²) in [6.45, 7) is 0. The molecule has 0 nitrogen and oxygen atoms in total. The minimum absolute atomic E-state index is 0. The molecule has 0 saturated heterocycles. The van der Waals surface area contributed by atoms with Gasteiger partial charge >= 0.3 is 0 Å². The van der Waals surface area contributed by atoms with Crippen molar-refractivity contribution >= 4 is 12.6 Å². The molecule has 0 saturated carbocycles. The minimum atomic E-state index is 0. The number of rotatable bonds is 0. The topological polar surface area (TPSA) is 0 Å². The predicted octanol–water partition coefficient (Wildman–Crippen LogP) is 1.77. The molecule has 8 heavy (non-hydrogen) atoms. The summed E-state index contributed by atoms with van der Waals surface area (Å²) in [7, 11) is 0. The quantitative estimate of drug-likeness (QED) is 0.331. The molecule has 0 aliphatic carbocycles. The van der Waals surface area contributed by atoms with Crippen LogP contribution in [-0.2, 0) is 21.7 Å². The second-order valence-electron chi connectivity index (χ2n) is 1.26. The molecule has 0 bridgehead atoms. The Balaban J connectivity index is 0.000000490. The Hall–Kier alpha value is 0.284. The Morgan fingerprint density at radius 2 is 1.75 bits per heavy atom. The maximum absolute atomic E-state index is 4.06. The zero-order chi connectivity index (χ0) is 5.11. The van der Waals surface area contributed by atoms with Crippen LogP contribution in [0.1, 0.15) is 0 Å². The smallest absolute Gasteiger partial charge is 0 e. The third kappa shape index (κ3) is 2.56. The van der Waals surface area contributed by atoms with E-state index in [1.165, 1.54) is 0 Å². The van der Waals surface area contributed by atoms with E-state index in [2.05, 4.69) is 18.7 Å². The minimum Gasteiger partial charge on any atom is -0.184 e. The number of hydrogen-bond acceptors (Lipinski definition) is 1. The molecule has 0 fully saturated rings. The summed E-state index contributed by atoms with van der Waals surface area (Å²) < 4.78 is 0. The van der Waals surface area contributed by atoms with Crippen LogP contribution in [0.15, 0.2) is 29.2 Å². The first-order chi connectivity index (χ1) is 3.39. The van der Waals surface area contributed by atoms with Gasteiger partial charge < -0.3 is 0 Å². The van der Waals surface area contributed by atoms with Crippen molar-refractivity contribution in [2.45, 2.75) is 4.90 Å². The van der Waals surface area contributed by atoms with Gasteiger partial charge in [0.1, 0.15) is 0 Å². The molecule has 0 N–H and O–H groups in total. The van der Waals surface area contributed by atoms with Crippen LogP contribution >= 0.6 is 12.6 Å². The van der Waals surface area contributed by atoms with Crippen molar-refractivity contribution in [3.8, 4) is 0 Å². The SMILES string of the molecule is Sc1cc[c-]cc1.[Ti]. The van der Waals surface area contributed by atoms with Crippen molar-refractivity contribution in [3.63, 3.8) is 0 Å². The van der Waals surface area contributed by atoms with Gasteiger partial charge in [-0.3, -0.25) is 0 Å². The summed E-state index contributed by atoms with van der Waals surface area (Å²) in [4.78, 5) is 0.985. The molecule has 1 rings (SSSR count). The molecule has 2 heteroatoms. The summed E-state index contributed by atoms with van der Waals surface area (Å²) in [6, 6.07) is 10.3. The molecular weight excluding hydrogens is 152 g/mol. The second-order valence-corrected chi connectivity index (χ2v) is 1.77. The first-order valence-corrected chi connectivity index (χ1v) is 2.49. The Morgan fingerprint density at radius 3 is 2.00 bits per heavy atom. The summed E-state index contributed by atoms with van der Waals surface area (Å²) >= 11 is 4.06. The predicted molar refractivity (Wildman–Crippen MR) is 32.5 cm³/mol. The zero-order valence-electron chi connectivity index (χ0n) is 4.26. The summed E-state index contributed by atoms with van der Waals surface area (Å²) in [5.41, 5.74) is 0. The van der Waals surface area contributed by atoms with Crippen LogP contribution in [0, 0.1) is 6.07 Å². The molecule has 0 amide bonds. The normalized spacial score (nSPS) is 7.62. The largest absolute Gasteiger partial charge is 0.184 e. The van der Waals surface area contributed by atoms with Crippen LogP contribution in [0.2, 0.25) is 0 Å². The maximum atomic E-state index is 4.06. The van der Waals surface area contributed by atoms with Crippen LogP contribution < -0.4 is 0 Å². The Labute approximate surface area is 69.6 Å². The van der Waals surface area contributed by atoms with Gasteiger partial charge in [0, 0.05) is 21.7 Å². The van der Waals surface area contributed by atoms with Crippen molar-refractivity contribution in [1.82, 2.24) is 0 Å². The molecule has 0 spiro atoms. The third-order valence-electron chi connectivity index (χ3n) is 0.701. The summed E-state index contributed by atoms with van der Waals surface area (Å²) in [6.07, 6.45) is 0. The zero-order valence-corrected chi connectivity index (χ0v) is 6.71. The molecule has 0 radical (unpaired) electrons. The summed E-state index contributed by atoms with van der Waals surface area (Å²) in [5.74, 6) is 0. The van der Waals surface area contributed by atoms with E-state index in [-0.39, 0.29) is 21.7 Å². The fraction of sp³-hybridized carbons (Fsp3) is 0. The van der Waals surface area contributed by atoms with Gasteiger partial charge in [-0.25, -0.2) is 0 Å². The van der Waals surface area contributed by atoms with Gasteiger partial charge in [0.05, 0.1) is 0 Å². The van der Waals surface area contributed by atoms with E-state index in [1.807, 2.05) is 24.3 Å². The van der Waals surface area contributed by atoms with Crippen LogP contribution in [0.4, 0.5) is 0 Å². The summed E-state index contributed by atoms with van der Waals surface area (Å²) in [5, 5.41) is 0. The van der Waals surface area contributed by atoms with Crippen molar-refractivity contribution in [3.05, 3.63) is 30.3 Å². The number of hydrogen-bond donors (Lipinski definition) is 1. The molecule has 0 aliphatic rings. The average molecular weight is 157 g/mol. The van der Waals surface area contributed by atoms with Crippen molar-refractivity contribution in [2.24, 2.45) is 0 Å². The van der Waals surface area contributed by atoms with Gasteiger partial charge in [-0.2, -0.15) is 43.0 Å². The number of benzene rings is 1. The van der Waals surface area contributed by atoms with Crippen LogP contribution in [-0.4, -0.2) is 0 Å². The first-order valence-electron chi connectivity index (χ1n) is 2.04. The second kappa shape index (κ2) is 4.19. The van der Waals surface area contributed by atoms with E-state index >= 15 is 0 Å². The average Bonchev–Trinajstić information content (AvgIpc) is 1.69. The Kier molecular flexibility index (Phi) is 4.34. The fourth-order valence-electron chi connectivity index (χ4n) is 0.378. The first kappa shape index (κ1) is 8.28. The maximum Gasteiger partial charge on any atom is 0 e. The van der Waals surface area contributed by atoms with Crippen molar-refractivity contribution in [2.75, 3.05) is 0 Å². The van der Waals surface area contributed by atoms with E-state index in [9.17, 15) is 0 Å². The van der Waals surface area contributed by atoms with E-state index in [4.69, 9.17) is 0 Å². The van der Waals surface area contributed by atoms with Crippen molar-refractivity contribution < 1.29 is 21.7 Å². The molecule has 0 unspecified atom stereocenters. The third-order valence-corrected chi connectivity index (χ3v) is 0.999. The molecule has 1 aromatic rings. The van der Waals surface area contributed by atoms with E-state index < -0.39 is 0 Å². The Morgan fingerprint density at radius 1 is 1.25 bits per heavy atom. The van der Waals surface area contributed by atoms with Gasteiger partial charge in [0.2, 0.25) is 0 Å². The number of thiol groups is 1. The molecule has 40 valence electrons. The molecule has 0 aromatic heterocycles. The van der Waals surface area contributed by atoms with Gasteiger partial charge in [-0.15, -0.1) is 4.90 Å². The van der Waals surface area contributed by atoms with Gasteiger partial charge in [-0.1, -0.05) is 0 Å². The van der Waals surface area contributed by atoms with Crippen LogP contribution in [0.5, 0.6) is 0 Å².